The number of hydrogen-bond donors (Lipinski definition) is 1. The van der Waals surface area contributed by atoms with Gasteiger partial charge in [0.25, 0.3) is 5.91 Å². The molecule has 0 spiro atoms. The van der Waals surface area contributed by atoms with Crippen LogP contribution in [0.2, 0.25) is 0 Å². The molecule has 1 heterocycles. The predicted octanol–water partition coefficient (Wildman–Crippen LogP) is 4.92. The van der Waals surface area contributed by atoms with Crippen molar-refractivity contribution in [3.05, 3.63) is 58.1 Å². The summed E-state index contributed by atoms with van der Waals surface area (Å²) in [5.41, 5.74) is 2.16. The molecule has 4 rings (SSSR count). The van der Waals surface area contributed by atoms with Gasteiger partial charge in [-0.25, -0.2) is 4.79 Å². The zero-order chi connectivity index (χ0) is 25.3. The summed E-state index contributed by atoms with van der Waals surface area (Å²) in [4.78, 5) is 51.6. The van der Waals surface area contributed by atoms with E-state index in [0.29, 0.717) is 24.2 Å². The molecule has 1 aliphatic heterocycles. The molecule has 2 aromatic carbocycles. The number of imide groups is 1. The highest BCUT2D eigenvalue weighted by Crippen LogP contribution is 2.43. The Morgan fingerprint density at radius 2 is 1.63 bits per heavy atom. The number of carbonyl (C=O) groups excluding carboxylic acids is 4. The Labute approximate surface area is 221 Å². The lowest BCUT2D eigenvalue weighted by Gasteiger charge is -2.28. The number of anilines is 2. The molecule has 0 aromatic heterocycles. The van der Waals surface area contributed by atoms with E-state index in [1.165, 1.54) is 24.3 Å². The SMILES string of the molecule is CCc1cc(Br)ccc1NC(=O)COC(=O)c1ccc(N2C(=O)[C@H]3C[C@H](Cl)[C@@H](Cl)C[C@H]3C2=O)cc1. The van der Waals surface area contributed by atoms with Crippen molar-refractivity contribution in [1.29, 1.82) is 0 Å². The van der Waals surface area contributed by atoms with Gasteiger partial charge in [0.2, 0.25) is 11.8 Å². The van der Waals surface area contributed by atoms with E-state index in [2.05, 4.69) is 21.2 Å². The van der Waals surface area contributed by atoms with E-state index in [4.69, 9.17) is 27.9 Å². The number of benzene rings is 2. The fourth-order valence-corrected chi connectivity index (χ4v) is 5.47. The zero-order valence-corrected chi connectivity index (χ0v) is 21.9. The van der Waals surface area contributed by atoms with Crippen LogP contribution in [-0.2, 0) is 25.5 Å². The van der Waals surface area contributed by atoms with Crippen molar-refractivity contribution in [2.45, 2.75) is 36.9 Å². The molecule has 1 N–H and O–H groups in total. The second-order valence-electron chi connectivity index (χ2n) is 8.55. The molecule has 2 aromatic rings. The Hall–Kier alpha value is -2.42. The van der Waals surface area contributed by atoms with Crippen LogP contribution in [-0.4, -0.2) is 41.1 Å². The summed E-state index contributed by atoms with van der Waals surface area (Å²) >= 11 is 15.8. The number of esters is 1. The van der Waals surface area contributed by atoms with Crippen LogP contribution < -0.4 is 10.2 Å². The first-order valence-electron chi connectivity index (χ1n) is 11.2. The number of carbonyl (C=O) groups is 4. The summed E-state index contributed by atoms with van der Waals surface area (Å²) in [7, 11) is 0. The lowest BCUT2D eigenvalue weighted by molar-refractivity contribution is -0.122. The summed E-state index contributed by atoms with van der Waals surface area (Å²) in [6.07, 6.45) is 1.44. The van der Waals surface area contributed by atoms with Crippen molar-refractivity contribution in [2.75, 3.05) is 16.8 Å². The molecule has 184 valence electrons. The van der Waals surface area contributed by atoms with Crippen molar-refractivity contribution in [3.63, 3.8) is 0 Å². The molecule has 1 saturated carbocycles. The average molecular weight is 582 g/mol. The summed E-state index contributed by atoms with van der Waals surface area (Å²) in [5.74, 6) is -2.73. The van der Waals surface area contributed by atoms with Crippen molar-refractivity contribution >= 4 is 74.2 Å². The van der Waals surface area contributed by atoms with Crippen LogP contribution in [0.5, 0.6) is 0 Å². The largest absolute Gasteiger partial charge is 0.452 e. The summed E-state index contributed by atoms with van der Waals surface area (Å²) in [6.45, 7) is 1.52. The van der Waals surface area contributed by atoms with Crippen LogP contribution in [0, 0.1) is 11.8 Å². The minimum absolute atomic E-state index is 0.192. The van der Waals surface area contributed by atoms with Crippen molar-refractivity contribution in [3.8, 4) is 0 Å². The number of amides is 3. The monoisotopic (exact) mass is 580 g/mol. The van der Waals surface area contributed by atoms with Crippen LogP contribution in [0.25, 0.3) is 0 Å². The number of hydrogen-bond acceptors (Lipinski definition) is 5. The van der Waals surface area contributed by atoms with Gasteiger partial charge in [-0.05, 0) is 67.3 Å². The Morgan fingerprint density at radius 3 is 2.20 bits per heavy atom. The van der Waals surface area contributed by atoms with Crippen LogP contribution in [0.3, 0.4) is 0 Å². The molecule has 0 unspecified atom stereocenters. The normalized spacial score (nSPS) is 23.7. The second kappa shape index (κ2) is 10.7. The second-order valence-corrected chi connectivity index (χ2v) is 10.6. The minimum atomic E-state index is -0.694. The number of aryl methyl sites for hydroxylation is 1. The third-order valence-electron chi connectivity index (χ3n) is 6.33. The number of ether oxygens (including phenoxy) is 1. The van der Waals surface area contributed by atoms with Crippen LogP contribution in [0.15, 0.2) is 46.9 Å². The topological polar surface area (TPSA) is 92.8 Å². The summed E-state index contributed by atoms with van der Waals surface area (Å²) < 4.78 is 6.04. The van der Waals surface area contributed by atoms with Crippen molar-refractivity contribution < 1.29 is 23.9 Å². The third kappa shape index (κ3) is 5.39. The molecule has 2 fully saturated rings. The molecule has 1 aliphatic carbocycles. The predicted molar refractivity (Wildman–Crippen MR) is 137 cm³/mol. The van der Waals surface area contributed by atoms with E-state index in [9.17, 15) is 19.2 Å². The molecule has 1 saturated heterocycles. The van der Waals surface area contributed by atoms with E-state index >= 15 is 0 Å². The molecule has 0 bridgehead atoms. The van der Waals surface area contributed by atoms with Gasteiger partial charge in [0, 0.05) is 10.2 Å². The van der Waals surface area contributed by atoms with Gasteiger partial charge in [0.05, 0.1) is 33.8 Å². The van der Waals surface area contributed by atoms with E-state index in [1.54, 1.807) is 6.07 Å². The Morgan fingerprint density at radius 1 is 1.03 bits per heavy atom. The highest BCUT2D eigenvalue weighted by Gasteiger charge is 2.52. The Bertz CT molecular complexity index is 1140. The van der Waals surface area contributed by atoms with Gasteiger partial charge in [0.1, 0.15) is 0 Å². The molecular formula is C25H23BrCl2N2O5. The van der Waals surface area contributed by atoms with Gasteiger partial charge in [0.15, 0.2) is 6.61 Å². The molecule has 2 aliphatic rings. The molecule has 0 radical (unpaired) electrons. The third-order valence-corrected chi connectivity index (χ3v) is 7.92. The van der Waals surface area contributed by atoms with Gasteiger partial charge < -0.3 is 10.1 Å². The van der Waals surface area contributed by atoms with E-state index in [0.717, 1.165) is 21.4 Å². The van der Waals surface area contributed by atoms with Crippen LogP contribution in [0.4, 0.5) is 11.4 Å². The first-order valence-corrected chi connectivity index (χ1v) is 12.9. The number of halogens is 3. The minimum Gasteiger partial charge on any atom is -0.452 e. The number of nitrogens with one attached hydrogen (secondary N) is 1. The average Bonchev–Trinajstić information content (AvgIpc) is 3.08. The maximum Gasteiger partial charge on any atom is 0.338 e. The van der Waals surface area contributed by atoms with Crippen molar-refractivity contribution in [2.24, 2.45) is 11.8 Å². The van der Waals surface area contributed by atoms with E-state index in [-0.39, 0.29) is 28.1 Å². The zero-order valence-electron chi connectivity index (χ0n) is 18.8. The first-order chi connectivity index (χ1) is 16.7. The number of rotatable bonds is 6. The standard InChI is InChI=1S/C25H23BrCl2N2O5/c1-2-13-9-15(26)5-8-21(13)29-22(31)12-35-25(34)14-3-6-16(7-4-14)30-23(32)17-10-19(27)20(28)11-18(17)24(30)33/h3-9,17-20H,2,10-12H2,1H3,(H,29,31)/t17-,18+,19-,20-/m0/s1. The van der Waals surface area contributed by atoms with Crippen molar-refractivity contribution in [1.82, 2.24) is 0 Å². The van der Waals surface area contributed by atoms with Gasteiger partial charge in [-0.2, -0.15) is 0 Å². The lowest BCUT2D eigenvalue weighted by atomic mass is 9.80. The van der Waals surface area contributed by atoms with Gasteiger partial charge in [-0.3, -0.25) is 19.3 Å². The highest BCUT2D eigenvalue weighted by atomic mass is 79.9. The van der Waals surface area contributed by atoms with Crippen LogP contribution in [0.1, 0.15) is 35.7 Å². The fraction of sp³-hybridized carbons (Fsp3) is 0.360. The first kappa shape index (κ1) is 25.7. The molecule has 10 heteroatoms. The smallest absolute Gasteiger partial charge is 0.338 e. The molecule has 7 nitrogen and oxygen atoms in total. The van der Waals surface area contributed by atoms with Gasteiger partial charge in [-0.1, -0.05) is 22.9 Å². The van der Waals surface area contributed by atoms with Gasteiger partial charge in [-0.15, -0.1) is 23.2 Å². The molecular weight excluding hydrogens is 559 g/mol. The van der Waals surface area contributed by atoms with E-state index in [1.807, 2.05) is 19.1 Å². The van der Waals surface area contributed by atoms with Gasteiger partial charge >= 0.3 is 5.97 Å². The molecule has 35 heavy (non-hydrogen) atoms. The summed E-state index contributed by atoms with van der Waals surface area (Å²) in [6, 6.07) is 11.4. The number of fused-ring (bicyclic) bond motifs is 1. The molecule has 4 atom stereocenters. The Balaban J connectivity index is 1.37. The highest BCUT2D eigenvalue weighted by molar-refractivity contribution is 9.10. The van der Waals surface area contributed by atoms with E-state index < -0.39 is 30.3 Å². The summed E-state index contributed by atoms with van der Waals surface area (Å²) in [5, 5.41) is 2.02. The number of alkyl halides is 2. The van der Waals surface area contributed by atoms with Crippen LogP contribution >= 0.6 is 39.1 Å². The molecule has 3 amide bonds. The maximum atomic E-state index is 12.9. The number of nitrogens with zero attached hydrogens (tertiary/aromatic N) is 1. The Kier molecular flexibility index (Phi) is 7.83. The fourth-order valence-electron chi connectivity index (χ4n) is 4.47. The maximum absolute atomic E-state index is 12.9. The quantitative estimate of drug-likeness (QED) is 0.297. The lowest BCUT2D eigenvalue weighted by Crippen LogP contribution is -2.34.